The molecule has 2 aromatic carbocycles. The second-order valence-electron chi connectivity index (χ2n) is 6.72. The van der Waals surface area contributed by atoms with Crippen molar-refractivity contribution in [2.45, 2.75) is 18.8 Å². The molecular weight excluding hydrogens is 344 g/mol. The molecular formula is C21H14N2O4. The lowest BCUT2D eigenvalue weighted by molar-refractivity contribution is -0.0583. The first-order chi connectivity index (χ1) is 13.1. The van der Waals surface area contributed by atoms with Crippen LogP contribution in [0.15, 0.2) is 54.6 Å². The Balaban J connectivity index is 1.52. The zero-order chi connectivity index (χ0) is 18.5. The minimum absolute atomic E-state index is 0.230. The predicted molar refractivity (Wildman–Crippen MR) is 96.1 cm³/mol. The Kier molecular flexibility index (Phi) is 3.33. The number of carbonyl (C=O) groups excluding carboxylic acids is 3. The molecule has 27 heavy (non-hydrogen) atoms. The van der Waals surface area contributed by atoms with Crippen LogP contribution in [-0.4, -0.2) is 27.8 Å². The Morgan fingerprint density at radius 3 is 2.26 bits per heavy atom. The molecule has 1 fully saturated rings. The molecule has 2 aliphatic rings. The topological polar surface area (TPSA) is 76.6 Å². The summed E-state index contributed by atoms with van der Waals surface area (Å²) in [6.45, 7) is 0. The highest BCUT2D eigenvalue weighted by molar-refractivity contribution is 6.21. The maximum Gasteiger partial charge on any atom is 0.364 e. The maximum absolute atomic E-state index is 12.9. The third-order valence-corrected chi connectivity index (χ3v) is 4.88. The van der Waals surface area contributed by atoms with Gasteiger partial charge in [0.05, 0.1) is 22.2 Å². The van der Waals surface area contributed by atoms with E-state index in [4.69, 9.17) is 4.84 Å². The van der Waals surface area contributed by atoms with Crippen LogP contribution < -0.4 is 0 Å². The molecule has 1 aliphatic heterocycles. The zero-order valence-electron chi connectivity index (χ0n) is 14.2. The Morgan fingerprint density at radius 1 is 0.963 bits per heavy atom. The van der Waals surface area contributed by atoms with Crippen LogP contribution >= 0.6 is 0 Å². The fourth-order valence-electron chi connectivity index (χ4n) is 3.34. The number of para-hydroxylation sites is 1. The molecule has 0 unspecified atom stereocenters. The molecule has 1 aliphatic carbocycles. The molecule has 132 valence electrons. The smallest absolute Gasteiger partial charge is 0.324 e. The number of amides is 2. The summed E-state index contributed by atoms with van der Waals surface area (Å²) >= 11 is 0. The number of imide groups is 1. The van der Waals surface area contributed by atoms with E-state index in [0.29, 0.717) is 27.4 Å². The van der Waals surface area contributed by atoms with Crippen molar-refractivity contribution in [3.05, 3.63) is 77.0 Å². The Hall–Kier alpha value is -3.54. The molecule has 6 heteroatoms. The Labute approximate surface area is 154 Å². The van der Waals surface area contributed by atoms with Gasteiger partial charge < -0.3 is 4.84 Å². The molecule has 1 saturated carbocycles. The van der Waals surface area contributed by atoms with Gasteiger partial charge in [0.1, 0.15) is 0 Å². The first-order valence-electron chi connectivity index (χ1n) is 8.73. The SMILES string of the molecule is O=C(ON1C(=O)c2ccccc2C1=O)c1cc(C2CC2)nc2ccccc12. The van der Waals surface area contributed by atoms with Crippen LogP contribution in [0.4, 0.5) is 0 Å². The van der Waals surface area contributed by atoms with Crippen LogP contribution in [-0.2, 0) is 4.84 Å². The summed E-state index contributed by atoms with van der Waals surface area (Å²) in [5.41, 5.74) is 2.29. The lowest BCUT2D eigenvalue weighted by Gasteiger charge is -2.14. The highest BCUT2D eigenvalue weighted by Gasteiger charge is 2.39. The summed E-state index contributed by atoms with van der Waals surface area (Å²) in [7, 11) is 0. The lowest BCUT2D eigenvalue weighted by atomic mass is 10.1. The molecule has 0 atom stereocenters. The van der Waals surface area contributed by atoms with E-state index in [0.717, 1.165) is 18.5 Å². The normalized spacial score (nSPS) is 15.9. The molecule has 2 heterocycles. The van der Waals surface area contributed by atoms with Gasteiger partial charge in [-0.2, -0.15) is 0 Å². The molecule has 0 N–H and O–H groups in total. The molecule has 0 spiro atoms. The molecule has 0 bridgehead atoms. The number of hydrogen-bond donors (Lipinski definition) is 0. The molecule has 0 radical (unpaired) electrons. The summed E-state index contributed by atoms with van der Waals surface area (Å²) in [6, 6.07) is 15.4. The third-order valence-electron chi connectivity index (χ3n) is 4.88. The van der Waals surface area contributed by atoms with E-state index in [1.54, 1.807) is 30.3 Å². The lowest BCUT2D eigenvalue weighted by Crippen LogP contribution is -2.32. The Bertz CT molecular complexity index is 1100. The second-order valence-corrected chi connectivity index (χ2v) is 6.72. The van der Waals surface area contributed by atoms with Gasteiger partial charge in [0.25, 0.3) is 11.8 Å². The predicted octanol–water partition coefficient (Wildman–Crippen LogP) is 3.48. The molecule has 6 nitrogen and oxygen atoms in total. The van der Waals surface area contributed by atoms with Gasteiger partial charge in [0.2, 0.25) is 0 Å². The number of benzene rings is 2. The van der Waals surface area contributed by atoms with Gasteiger partial charge in [-0.1, -0.05) is 35.4 Å². The number of hydrogen-bond acceptors (Lipinski definition) is 5. The van der Waals surface area contributed by atoms with Crippen LogP contribution in [0.3, 0.4) is 0 Å². The largest absolute Gasteiger partial charge is 0.364 e. The van der Waals surface area contributed by atoms with E-state index in [2.05, 4.69) is 4.98 Å². The molecule has 5 rings (SSSR count). The van der Waals surface area contributed by atoms with Gasteiger partial charge in [-0.05, 0) is 37.1 Å². The van der Waals surface area contributed by atoms with Gasteiger partial charge in [-0.25, -0.2) is 4.79 Å². The van der Waals surface area contributed by atoms with Crippen molar-refractivity contribution in [2.24, 2.45) is 0 Å². The van der Waals surface area contributed by atoms with Crippen LogP contribution in [0, 0.1) is 0 Å². The quantitative estimate of drug-likeness (QED) is 0.670. The van der Waals surface area contributed by atoms with E-state index in [1.165, 1.54) is 12.1 Å². The highest BCUT2D eigenvalue weighted by Crippen LogP contribution is 2.40. The molecule has 3 aromatic rings. The van der Waals surface area contributed by atoms with Crippen molar-refractivity contribution in [2.75, 3.05) is 0 Å². The highest BCUT2D eigenvalue weighted by atomic mass is 16.7. The summed E-state index contributed by atoms with van der Waals surface area (Å²) in [4.78, 5) is 47.6. The van der Waals surface area contributed by atoms with Crippen molar-refractivity contribution >= 4 is 28.7 Å². The van der Waals surface area contributed by atoms with Gasteiger partial charge in [0, 0.05) is 17.0 Å². The van der Waals surface area contributed by atoms with Crippen molar-refractivity contribution in [1.29, 1.82) is 0 Å². The first-order valence-corrected chi connectivity index (χ1v) is 8.73. The van der Waals surface area contributed by atoms with Gasteiger partial charge >= 0.3 is 5.97 Å². The average molecular weight is 358 g/mol. The number of hydroxylamine groups is 2. The number of carbonyl (C=O) groups is 3. The first kappa shape index (κ1) is 15.7. The van der Waals surface area contributed by atoms with Crippen molar-refractivity contribution in [1.82, 2.24) is 10.0 Å². The third kappa shape index (κ3) is 2.49. The van der Waals surface area contributed by atoms with Crippen LogP contribution in [0.1, 0.15) is 55.5 Å². The maximum atomic E-state index is 12.9. The fraction of sp³-hybridized carbons (Fsp3) is 0.143. The minimum atomic E-state index is -0.745. The van der Waals surface area contributed by atoms with Crippen LogP contribution in [0.2, 0.25) is 0 Å². The summed E-state index contributed by atoms with van der Waals surface area (Å²) in [6.07, 6.45) is 2.08. The van der Waals surface area contributed by atoms with Crippen molar-refractivity contribution in [3.63, 3.8) is 0 Å². The van der Waals surface area contributed by atoms with E-state index < -0.39 is 17.8 Å². The monoisotopic (exact) mass is 358 g/mol. The van der Waals surface area contributed by atoms with Gasteiger partial charge in [0.15, 0.2) is 0 Å². The standard InChI is InChI=1S/C21H14N2O4/c24-19-14-6-1-2-7-15(14)20(25)23(19)27-21(26)16-11-18(12-9-10-12)22-17-8-4-3-5-13(16)17/h1-8,11-12H,9-10H2. The minimum Gasteiger partial charge on any atom is -0.324 e. The van der Waals surface area contributed by atoms with Crippen molar-refractivity contribution in [3.8, 4) is 0 Å². The number of rotatable bonds is 3. The van der Waals surface area contributed by atoms with E-state index >= 15 is 0 Å². The second kappa shape index (κ2) is 5.74. The number of nitrogens with zero attached hydrogens (tertiary/aromatic N) is 2. The Morgan fingerprint density at radius 2 is 1.59 bits per heavy atom. The van der Waals surface area contributed by atoms with Crippen LogP contribution in [0.5, 0.6) is 0 Å². The van der Waals surface area contributed by atoms with Gasteiger partial charge in [-0.3, -0.25) is 14.6 Å². The van der Waals surface area contributed by atoms with E-state index in [-0.39, 0.29) is 11.1 Å². The van der Waals surface area contributed by atoms with E-state index in [1.807, 2.05) is 12.1 Å². The van der Waals surface area contributed by atoms with Gasteiger partial charge in [-0.15, -0.1) is 0 Å². The van der Waals surface area contributed by atoms with Crippen LogP contribution in [0.25, 0.3) is 10.9 Å². The number of fused-ring (bicyclic) bond motifs is 2. The average Bonchev–Trinajstić information content (AvgIpc) is 3.52. The molecule has 2 amide bonds. The zero-order valence-corrected chi connectivity index (χ0v) is 14.2. The number of pyridine rings is 1. The molecule has 1 aromatic heterocycles. The molecule has 0 saturated heterocycles. The summed E-state index contributed by atoms with van der Waals surface area (Å²) in [5.74, 6) is -1.67. The van der Waals surface area contributed by atoms with E-state index in [9.17, 15) is 14.4 Å². The summed E-state index contributed by atoms with van der Waals surface area (Å²) in [5, 5.41) is 1.17. The number of aromatic nitrogens is 1. The fourth-order valence-corrected chi connectivity index (χ4v) is 3.34. The van der Waals surface area contributed by atoms with Crippen molar-refractivity contribution < 1.29 is 19.2 Å². The summed E-state index contributed by atoms with van der Waals surface area (Å²) < 4.78 is 0.